The molecule has 0 aliphatic rings. The Morgan fingerprint density at radius 2 is 1.53 bits per heavy atom. The smallest absolute Gasteiger partial charge is 0.307 e. The first-order chi connectivity index (χ1) is 15.8. The van der Waals surface area contributed by atoms with Crippen molar-refractivity contribution < 1.29 is 31.8 Å². The van der Waals surface area contributed by atoms with Crippen LogP contribution in [-0.4, -0.2) is 29.9 Å². The summed E-state index contributed by atoms with van der Waals surface area (Å²) >= 11 is 0. The zero-order valence-electron chi connectivity index (χ0n) is 21.8. The second-order valence-corrected chi connectivity index (χ2v) is 12.0. The van der Waals surface area contributed by atoms with Crippen LogP contribution in [-0.2, 0) is 29.0 Å². The van der Waals surface area contributed by atoms with Gasteiger partial charge < -0.3 is 9.47 Å². The molecule has 0 amide bonds. The molecule has 34 heavy (non-hydrogen) atoms. The molecule has 0 aromatic rings. The molecule has 0 rings (SSSR count). The van der Waals surface area contributed by atoms with Crippen molar-refractivity contribution in [3.63, 3.8) is 0 Å². The van der Waals surface area contributed by atoms with Crippen molar-refractivity contribution in [1.82, 2.24) is 0 Å². The van der Waals surface area contributed by atoms with Crippen molar-refractivity contribution in [2.24, 2.45) is 5.92 Å². The normalized spacial score (nSPS) is 15.8. The van der Waals surface area contributed by atoms with Crippen molar-refractivity contribution in [2.75, 3.05) is 0 Å². The predicted molar refractivity (Wildman–Crippen MR) is 137 cm³/mol. The maximum absolute atomic E-state index is 12.1. The van der Waals surface area contributed by atoms with Crippen LogP contribution in [0.3, 0.4) is 0 Å². The molecule has 0 aliphatic heterocycles. The minimum Gasteiger partial charge on any atom is -0.435 e. The Morgan fingerprint density at radius 1 is 1.00 bits per heavy atom. The summed E-state index contributed by atoms with van der Waals surface area (Å²) in [6.45, 7) is 13.3. The molecule has 7 nitrogen and oxygen atoms in total. The van der Waals surface area contributed by atoms with Crippen LogP contribution >= 0.6 is 8.46 Å². The molecule has 0 aliphatic carbocycles. The standard InChI is InChI=1S/C25H43O7PS/c1-8-23(26)31-24(20(4)5)32-25(33-27,34(28,29)30)18-10-9-14-21(6)16-12-17-22(7)15-11-13-19(2)3/h13-14,17,20,24H,8-12,15-16,18H2,1-7H3,(H,28,29,30). The Labute approximate surface area is 208 Å². The largest absolute Gasteiger partial charge is 0.435 e. The number of carbonyl (C=O) groups is 1. The molecular formula is C25H43O7PS. The van der Waals surface area contributed by atoms with E-state index >= 15 is 0 Å². The molecule has 0 bridgehead atoms. The first kappa shape index (κ1) is 32.7. The van der Waals surface area contributed by atoms with Gasteiger partial charge >= 0.3 is 16.1 Å². The fraction of sp³-hybridized carbons (Fsp3) is 0.720. The maximum Gasteiger partial charge on any atom is 0.307 e. The van der Waals surface area contributed by atoms with Gasteiger partial charge in [0.25, 0.3) is 4.67 Å². The highest BCUT2D eigenvalue weighted by Crippen LogP contribution is 2.38. The number of allylic oxidation sites excluding steroid dienone is 6. The number of rotatable bonds is 17. The number of ether oxygens (including phenoxy) is 2. The summed E-state index contributed by atoms with van der Waals surface area (Å²) in [7, 11) is -5.77. The van der Waals surface area contributed by atoms with Crippen molar-refractivity contribution in [3.8, 4) is 0 Å². The minimum atomic E-state index is -4.86. The van der Waals surface area contributed by atoms with Gasteiger partial charge in [-0.15, -0.1) is 0 Å². The molecular weight excluding hydrogens is 475 g/mol. The Morgan fingerprint density at radius 3 is 1.97 bits per heavy atom. The van der Waals surface area contributed by atoms with E-state index in [1.165, 1.54) is 16.7 Å². The van der Waals surface area contributed by atoms with Crippen LogP contribution in [0, 0.1) is 5.92 Å². The average Bonchev–Trinajstić information content (AvgIpc) is 2.73. The molecule has 0 heterocycles. The molecule has 0 spiro atoms. The summed E-state index contributed by atoms with van der Waals surface area (Å²) in [5.41, 5.74) is 3.86. The average molecular weight is 519 g/mol. The number of esters is 1. The van der Waals surface area contributed by atoms with E-state index in [1.54, 1.807) is 20.8 Å². The van der Waals surface area contributed by atoms with Crippen molar-refractivity contribution in [1.29, 1.82) is 0 Å². The molecule has 196 valence electrons. The summed E-state index contributed by atoms with van der Waals surface area (Å²) in [6, 6.07) is 0. The number of hydrogen-bond donors (Lipinski definition) is 1. The highest BCUT2D eigenvalue weighted by molar-refractivity contribution is 7.91. The van der Waals surface area contributed by atoms with Gasteiger partial charge in [-0.2, -0.15) is 8.42 Å². The third-order valence-corrected chi connectivity index (χ3v) is 7.86. The van der Waals surface area contributed by atoms with E-state index in [1.807, 2.05) is 13.0 Å². The van der Waals surface area contributed by atoms with E-state index in [4.69, 9.17) is 9.47 Å². The fourth-order valence-electron chi connectivity index (χ4n) is 3.07. The molecule has 2 unspecified atom stereocenters. The zero-order chi connectivity index (χ0) is 26.4. The summed E-state index contributed by atoms with van der Waals surface area (Å²) in [5, 5.41) is 0. The molecule has 0 saturated carbocycles. The minimum absolute atomic E-state index is 0.0782. The van der Waals surface area contributed by atoms with Gasteiger partial charge in [0.1, 0.15) is 0 Å². The van der Waals surface area contributed by atoms with Crippen LogP contribution in [0.2, 0.25) is 0 Å². The molecule has 0 aromatic carbocycles. The molecule has 9 heteroatoms. The van der Waals surface area contributed by atoms with Crippen molar-refractivity contribution in [3.05, 3.63) is 34.9 Å². The van der Waals surface area contributed by atoms with Gasteiger partial charge in [0.2, 0.25) is 14.8 Å². The lowest BCUT2D eigenvalue weighted by molar-refractivity contribution is -0.198. The van der Waals surface area contributed by atoms with Crippen LogP contribution in [0.1, 0.15) is 99.8 Å². The maximum atomic E-state index is 12.1. The topological polar surface area (TPSA) is 107 Å². The van der Waals surface area contributed by atoms with Gasteiger partial charge in [0.15, 0.2) is 0 Å². The van der Waals surface area contributed by atoms with Crippen LogP contribution in [0.4, 0.5) is 0 Å². The lowest BCUT2D eigenvalue weighted by Crippen LogP contribution is -2.42. The van der Waals surface area contributed by atoms with E-state index in [9.17, 15) is 22.3 Å². The van der Waals surface area contributed by atoms with Crippen LogP contribution in [0.5, 0.6) is 0 Å². The lowest BCUT2D eigenvalue weighted by atomic mass is 10.1. The van der Waals surface area contributed by atoms with Gasteiger partial charge in [-0.25, -0.2) is 0 Å². The second kappa shape index (κ2) is 16.4. The number of carbonyl (C=O) groups excluding carboxylic acids is 1. The fourth-order valence-corrected chi connectivity index (χ4v) is 4.46. The Hall–Kier alpha value is -1.34. The Kier molecular flexibility index (Phi) is 15.7. The first-order valence-electron chi connectivity index (χ1n) is 11.9. The summed E-state index contributed by atoms with van der Waals surface area (Å²) in [4.78, 5) is 11.7. The molecule has 1 N–H and O–H groups in total. The quantitative estimate of drug-likeness (QED) is 0.0535. The summed E-state index contributed by atoms with van der Waals surface area (Å²) < 4.78 is 54.2. The molecule has 0 aromatic heterocycles. The van der Waals surface area contributed by atoms with Crippen LogP contribution in [0.25, 0.3) is 0 Å². The monoisotopic (exact) mass is 518 g/mol. The van der Waals surface area contributed by atoms with Gasteiger partial charge in [-0.05, 0) is 66.2 Å². The van der Waals surface area contributed by atoms with E-state index in [2.05, 4.69) is 32.9 Å². The number of hydrogen-bond acceptors (Lipinski definition) is 6. The number of unbranched alkanes of at least 4 members (excludes halogenated alkanes) is 1. The molecule has 0 radical (unpaired) electrons. The van der Waals surface area contributed by atoms with Crippen molar-refractivity contribution in [2.45, 2.75) is 111 Å². The molecule has 0 fully saturated rings. The van der Waals surface area contributed by atoms with E-state index in [-0.39, 0.29) is 12.8 Å². The van der Waals surface area contributed by atoms with Crippen LogP contribution < -0.4 is 0 Å². The Bertz CT molecular complexity index is 839. The SMILES string of the molecule is CCC(=O)OC(OC(CCCC=C(C)CCC=C(C)CCC=C(C)C)(P=O)S(=O)(=O)O)C(C)C. The summed E-state index contributed by atoms with van der Waals surface area (Å²) in [6.07, 6.45) is 9.87. The van der Waals surface area contributed by atoms with Gasteiger partial charge in [-0.3, -0.25) is 13.9 Å². The van der Waals surface area contributed by atoms with Crippen molar-refractivity contribution >= 4 is 24.5 Å². The Balaban J connectivity index is 5.02. The highest BCUT2D eigenvalue weighted by atomic mass is 32.2. The van der Waals surface area contributed by atoms with Gasteiger partial charge in [0, 0.05) is 18.8 Å². The first-order valence-corrected chi connectivity index (χ1v) is 14.2. The molecule has 2 atom stereocenters. The van der Waals surface area contributed by atoms with E-state index in [0.717, 1.165) is 25.7 Å². The third-order valence-electron chi connectivity index (χ3n) is 5.24. The predicted octanol–water partition coefficient (Wildman–Crippen LogP) is 7.36. The van der Waals surface area contributed by atoms with Gasteiger partial charge in [-0.1, -0.05) is 55.7 Å². The van der Waals surface area contributed by atoms with Gasteiger partial charge in [0.05, 0.1) is 0 Å². The van der Waals surface area contributed by atoms with E-state index < -0.39 is 41.4 Å². The second-order valence-electron chi connectivity index (χ2n) is 9.20. The van der Waals surface area contributed by atoms with Crippen LogP contribution in [0.15, 0.2) is 34.9 Å². The zero-order valence-corrected chi connectivity index (χ0v) is 23.5. The third kappa shape index (κ3) is 12.9. The molecule has 0 saturated heterocycles. The lowest BCUT2D eigenvalue weighted by Gasteiger charge is -2.30. The highest BCUT2D eigenvalue weighted by Gasteiger charge is 2.48. The van der Waals surface area contributed by atoms with E-state index in [0.29, 0.717) is 12.8 Å². The summed E-state index contributed by atoms with van der Waals surface area (Å²) in [5.74, 6) is -0.982.